The van der Waals surface area contributed by atoms with Crippen LogP contribution in [-0.2, 0) is 4.74 Å². The highest BCUT2D eigenvalue weighted by Gasteiger charge is 2.45. The monoisotopic (exact) mass is 384 g/mol. The summed E-state index contributed by atoms with van der Waals surface area (Å²) < 4.78 is 26.7. The minimum atomic E-state index is -1.63. The van der Waals surface area contributed by atoms with Gasteiger partial charge in [-0.1, -0.05) is 0 Å². The van der Waals surface area contributed by atoms with Gasteiger partial charge in [0.25, 0.3) is 0 Å². The van der Waals surface area contributed by atoms with Gasteiger partial charge in [-0.15, -0.1) is 0 Å². The van der Waals surface area contributed by atoms with Crippen molar-refractivity contribution in [2.45, 2.75) is 30.7 Å². The normalized spacial score (nSPS) is 28.1. The fourth-order valence-corrected chi connectivity index (χ4v) is 2.87. The van der Waals surface area contributed by atoms with Crippen LogP contribution in [0.2, 0.25) is 0 Å². The Morgan fingerprint density at radius 3 is 2.41 bits per heavy atom. The van der Waals surface area contributed by atoms with Crippen molar-refractivity contribution in [3.05, 3.63) is 28.6 Å². The quantitative estimate of drug-likeness (QED) is 0.473. The van der Waals surface area contributed by atoms with Crippen LogP contribution in [0.4, 0.5) is 0 Å². The summed E-state index contributed by atoms with van der Waals surface area (Å²) in [5.74, 6) is 0.148. The third-order valence-corrected chi connectivity index (χ3v) is 4.29. The SMILES string of the molecule is COc1cc2ccc(=O)oc2c(OC)c1O[C@@H]1O[C@H](CO)[C@@H](O)[C@@H](O)[C@H]1O. The molecule has 0 unspecified atom stereocenters. The van der Waals surface area contributed by atoms with Crippen molar-refractivity contribution in [1.82, 2.24) is 0 Å². The van der Waals surface area contributed by atoms with Gasteiger partial charge in [-0.05, 0) is 12.1 Å². The van der Waals surface area contributed by atoms with Crippen LogP contribution in [0.3, 0.4) is 0 Å². The van der Waals surface area contributed by atoms with Crippen LogP contribution in [0.15, 0.2) is 27.4 Å². The van der Waals surface area contributed by atoms with E-state index in [9.17, 15) is 25.2 Å². The van der Waals surface area contributed by atoms with Crippen molar-refractivity contribution in [3.63, 3.8) is 0 Å². The van der Waals surface area contributed by atoms with Gasteiger partial charge in [-0.3, -0.25) is 0 Å². The second-order valence-electron chi connectivity index (χ2n) is 5.93. The number of aliphatic hydroxyl groups excluding tert-OH is 4. The molecule has 1 saturated heterocycles. The Balaban J connectivity index is 2.06. The molecule has 27 heavy (non-hydrogen) atoms. The Morgan fingerprint density at radius 2 is 1.78 bits per heavy atom. The van der Waals surface area contributed by atoms with Crippen molar-refractivity contribution in [1.29, 1.82) is 0 Å². The maximum Gasteiger partial charge on any atom is 0.336 e. The molecule has 1 aromatic heterocycles. The molecule has 1 aromatic carbocycles. The first-order valence-electron chi connectivity index (χ1n) is 8.07. The molecule has 3 rings (SSSR count). The summed E-state index contributed by atoms with van der Waals surface area (Å²) in [6.45, 7) is -0.605. The van der Waals surface area contributed by atoms with Crippen molar-refractivity contribution < 1.29 is 43.8 Å². The van der Waals surface area contributed by atoms with Crippen LogP contribution in [0.5, 0.6) is 17.2 Å². The average molecular weight is 384 g/mol. The number of aliphatic hydroxyl groups is 4. The molecule has 1 fully saturated rings. The van der Waals surface area contributed by atoms with E-state index in [1.165, 1.54) is 32.4 Å². The summed E-state index contributed by atoms with van der Waals surface area (Å²) in [4.78, 5) is 11.6. The fourth-order valence-electron chi connectivity index (χ4n) is 2.87. The van der Waals surface area contributed by atoms with Crippen LogP contribution in [0.1, 0.15) is 0 Å². The second kappa shape index (κ2) is 7.71. The van der Waals surface area contributed by atoms with Gasteiger partial charge in [-0.2, -0.15) is 0 Å². The number of hydrogen-bond acceptors (Lipinski definition) is 10. The first-order chi connectivity index (χ1) is 12.9. The topological polar surface area (TPSA) is 148 Å². The third kappa shape index (κ3) is 3.45. The number of ether oxygens (including phenoxy) is 4. The van der Waals surface area contributed by atoms with Gasteiger partial charge in [-0.25, -0.2) is 4.79 Å². The minimum Gasteiger partial charge on any atom is -0.493 e. The first kappa shape index (κ1) is 19.4. The lowest BCUT2D eigenvalue weighted by atomic mass is 9.99. The highest BCUT2D eigenvalue weighted by Crippen LogP contribution is 2.44. The van der Waals surface area contributed by atoms with Crippen molar-refractivity contribution >= 4 is 11.0 Å². The van der Waals surface area contributed by atoms with Crippen LogP contribution >= 0.6 is 0 Å². The molecule has 10 heteroatoms. The number of hydrogen-bond donors (Lipinski definition) is 4. The molecule has 0 spiro atoms. The zero-order valence-corrected chi connectivity index (χ0v) is 14.6. The molecular formula is C17H20O10. The van der Waals surface area contributed by atoms with E-state index >= 15 is 0 Å². The summed E-state index contributed by atoms with van der Waals surface area (Å²) in [6, 6.07) is 4.28. The van der Waals surface area contributed by atoms with Gasteiger partial charge >= 0.3 is 5.63 Å². The van der Waals surface area contributed by atoms with Gasteiger partial charge in [0.05, 0.1) is 20.8 Å². The molecule has 4 N–H and O–H groups in total. The summed E-state index contributed by atoms with van der Waals surface area (Å²) in [5, 5.41) is 39.7. The molecule has 0 radical (unpaired) electrons. The number of benzene rings is 1. The van der Waals surface area contributed by atoms with Gasteiger partial charge in [0.2, 0.25) is 17.8 Å². The lowest BCUT2D eigenvalue weighted by molar-refractivity contribution is -0.277. The van der Waals surface area contributed by atoms with E-state index in [4.69, 9.17) is 23.4 Å². The number of methoxy groups -OCH3 is 2. The average Bonchev–Trinajstić information content (AvgIpc) is 2.67. The molecule has 148 valence electrons. The Hall–Kier alpha value is -2.37. The maximum atomic E-state index is 11.6. The summed E-state index contributed by atoms with van der Waals surface area (Å²) in [7, 11) is 2.70. The predicted molar refractivity (Wildman–Crippen MR) is 90.0 cm³/mol. The lowest BCUT2D eigenvalue weighted by Gasteiger charge is -2.39. The third-order valence-electron chi connectivity index (χ3n) is 4.29. The van der Waals surface area contributed by atoms with E-state index in [-0.39, 0.29) is 22.8 Å². The maximum absolute atomic E-state index is 11.6. The molecule has 2 aromatic rings. The van der Waals surface area contributed by atoms with Crippen LogP contribution in [0.25, 0.3) is 11.0 Å². The summed E-state index contributed by atoms with van der Waals surface area (Å²) >= 11 is 0. The van der Waals surface area contributed by atoms with Gasteiger partial charge < -0.3 is 43.8 Å². The molecule has 1 aliphatic rings. The Bertz CT molecular complexity index is 861. The van der Waals surface area contributed by atoms with E-state index in [0.29, 0.717) is 5.39 Å². The van der Waals surface area contributed by atoms with E-state index in [2.05, 4.69) is 0 Å². The van der Waals surface area contributed by atoms with Crippen molar-refractivity contribution in [2.24, 2.45) is 0 Å². The first-order valence-corrected chi connectivity index (χ1v) is 8.07. The van der Waals surface area contributed by atoms with Crippen LogP contribution in [0, 0.1) is 0 Å². The van der Waals surface area contributed by atoms with Crippen LogP contribution < -0.4 is 19.8 Å². The summed E-state index contributed by atoms with van der Waals surface area (Å²) in [6.07, 6.45) is -7.38. The van der Waals surface area contributed by atoms with Gasteiger partial charge in [0, 0.05) is 11.5 Å². The molecule has 0 bridgehead atoms. The molecule has 0 saturated carbocycles. The molecule has 10 nitrogen and oxygen atoms in total. The molecule has 0 amide bonds. The highest BCUT2D eigenvalue weighted by atomic mass is 16.7. The Kier molecular flexibility index (Phi) is 5.53. The standard InChI is InChI=1S/C17H20O10/c1-23-8-5-7-3-4-10(19)26-14(7)16(24-2)15(8)27-17-13(22)12(21)11(20)9(6-18)25-17/h3-5,9,11-13,17-18,20-22H,6H2,1-2H3/t9-,11-,12-,13-,17+/m1/s1. The second-order valence-corrected chi connectivity index (χ2v) is 5.93. The number of fused-ring (bicyclic) bond motifs is 1. The largest absolute Gasteiger partial charge is 0.493 e. The van der Waals surface area contributed by atoms with Gasteiger partial charge in [0.1, 0.15) is 24.4 Å². The minimum absolute atomic E-state index is 0.0130. The van der Waals surface area contributed by atoms with Crippen molar-refractivity contribution in [3.8, 4) is 17.2 Å². The lowest BCUT2D eigenvalue weighted by Crippen LogP contribution is -2.60. The smallest absolute Gasteiger partial charge is 0.336 e. The highest BCUT2D eigenvalue weighted by molar-refractivity contribution is 5.88. The fraction of sp³-hybridized carbons (Fsp3) is 0.471. The van der Waals surface area contributed by atoms with Gasteiger partial charge in [0.15, 0.2) is 11.3 Å². The van der Waals surface area contributed by atoms with E-state index < -0.39 is 42.9 Å². The van der Waals surface area contributed by atoms with Crippen molar-refractivity contribution in [2.75, 3.05) is 20.8 Å². The number of rotatable bonds is 5. The van der Waals surface area contributed by atoms with E-state index in [1.54, 1.807) is 0 Å². The molecule has 1 aliphatic heterocycles. The molecule has 2 heterocycles. The predicted octanol–water partition coefficient (Wildman–Crippen LogP) is -1.01. The van der Waals surface area contributed by atoms with Crippen LogP contribution in [-0.4, -0.2) is 72.0 Å². The zero-order chi connectivity index (χ0) is 19.7. The Labute approximate surface area is 153 Å². The van der Waals surface area contributed by atoms with E-state index in [0.717, 1.165) is 0 Å². The summed E-state index contributed by atoms with van der Waals surface area (Å²) in [5.41, 5.74) is -0.518. The van der Waals surface area contributed by atoms with E-state index in [1.807, 2.05) is 0 Å². The molecule has 5 atom stereocenters. The zero-order valence-electron chi connectivity index (χ0n) is 14.6. The Morgan fingerprint density at radius 1 is 1.04 bits per heavy atom. The molecular weight excluding hydrogens is 364 g/mol. The molecule has 0 aliphatic carbocycles.